The Balaban J connectivity index is 1.68. The molecule has 8 heteroatoms. The quantitative estimate of drug-likeness (QED) is 0.490. The van der Waals surface area contributed by atoms with Crippen molar-refractivity contribution in [2.45, 2.75) is 10.6 Å². The van der Waals surface area contributed by atoms with Crippen LogP contribution in [0.3, 0.4) is 0 Å². The normalized spacial score (nSPS) is 13.2. The van der Waals surface area contributed by atoms with Gasteiger partial charge in [-0.1, -0.05) is 23.2 Å². The molecular formula is C18H12Cl2O5S. The summed E-state index contributed by atoms with van der Waals surface area (Å²) in [7, 11) is 0. The van der Waals surface area contributed by atoms with Crippen LogP contribution in [0.25, 0.3) is 11.0 Å². The fourth-order valence-corrected chi connectivity index (χ4v) is 4.08. The second kappa shape index (κ2) is 6.95. The molecule has 0 saturated carbocycles. The Labute approximate surface area is 162 Å². The van der Waals surface area contributed by atoms with Crippen molar-refractivity contribution in [1.29, 1.82) is 0 Å². The molecule has 0 unspecified atom stereocenters. The van der Waals surface area contributed by atoms with E-state index < -0.39 is 5.63 Å². The number of phenolic OH excluding ortho intramolecular Hbond substituents is 1. The van der Waals surface area contributed by atoms with Crippen LogP contribution in [0.5, 0.6) is 17.2 Å². The van der Waals surface area contributed by atoms with Gasteiger partial charge in [0.05, 0.1) is 10.0 Å². The standard InChI is InChI=1S/C18H12Cl2O5S/c19-11-4-10-9(3-18(22)25-14(10)6-13(11)21)8-26-17-7-16-15(5-12(17)20)23-1-2-24-16/h3-7,21H,1-2,8H2. The van der Waals surface area contributed by atoms with E-state index in [9.17, 15) is 9.90 Å². The Morgan fingerprint density at radius 1 is 1.00 bits per heavy atom. The van der Waals surface area contributed by atoms with Gasteiger partial charge in [-0.15, -0.1) is 11.8 Å². The monoisotopic (exact) mass is 410 g/mol. The molecule has 0 bridgehead atoms. The first kappa shape index (κ1) is 17.4. The molecule has 0 spiro atoms. The lowest BCUT2D eigenvalue weighted by atomic mass is 10.1. The van der Waals surface area contributed by atoms with Gasteiger partial charge >= 0.3 is 5.63 Å². The van der Waals surface area contributed by atoms with E-state index in [2.05, 4.69) is 0 Å². The SMILES string of the molecule is O=c1cc(CSc2cc3c(cc2Cl)OCCO3)c2cc(Cl)c(O)cc2o1. The van der Waals surface area contributed by atoms with Crippen molar-refractivity contribution >= 4 is 45.9 Å². The lowest BCUT2D eigenvalue weighted by Crippen LogP contribution is -2.15. The fourth-order valence-electron chi connectivity index (χ4n) is 2.67. The molecule has 26 heavy (non-hydrogen) atoms. The van der Waals surface area contributed by atoms with E-state index >= 15 is 0 Å². The molecule has 3 aromatic rings. The van der Waals surface area contributed by atoms with Crippen molar-refractivity contribution in [2.24, 2.45) is 0 Å². The Bertz CT molecular complexity index is 1060. The number of fused-ring (bicyclic) bond motifs is 2. The highest BCUT2D eigenvalue weighted by Crippen LogP contribution is 2.41. The second-order valence-corrected chi connectivity index (χ2v) is 7.44. The van der Waals surface area contributed by atoms with E-state index in [1.807, 2.05) is 6.07 Å². The summed E-state index contributed by atoms with van der Waals surface area (Å²) in [6, 6.07) is 7.88. The summed E-state index contributed by atoms with van der Waals surface area (Å²) in [5.41, 5.74) is 0.514. The van der Waals surface area contributed by atoms with Gasteiger partial charge in [-0.05, 0) is 17.7 Å². The van der Waals surface area contributed by atoms with Gasteiger partial charge in [0.15, 0.2) is 11.5 Å². The largest absolute Gasteiger partial charge is 0.506 e. The third kappa shape index (κ3) is 3.32. The number of hydrogen-bond donors (Lipinski definition) is 1. The maximum atomic E-state index is 11.8. The number of halogens is 2. The third-order valence-corrected chi connectivity index (χ3v) is 5.71. The molecule has 1 aromatic heterocycles. The van der Waals surface area contributed by atoms with E-state index in [1.54, 1.807) is 12.1 Å². The summed E-state index contributed by atoms with van der Waals surface area (Å²) in [5.74, 6) is 1.59. The summed E-state index contributed by atoms with van der Waals surface area (Å²) >= 11 is 13.8. The average Bonchev–Trinajstić information content (AvgIpc) is 2.61. The zero-order chi connectivity index (χ0) is 18.3. The lowest BCUT2D eigenvalue weighted by molar-refractivity contribution is 0.171. The predicted octanol–water partition coefficient (Wildman–Crippen LogP) is 4.87. The smallest absolute Gasteiger partial charge is 0.336 e. The number of thioether (sulfide) groups is 1. The third-order valence-electron chi connectivity index (χ3n) is 3.88. The van der Waals surface area contributed by atoms with Gasteiger partial charge < -0.3 is 19.0 Å². The first-order valence-corrected chi connectivity index (χ1v) is 9.42. The van der Waals surface area contributed by atoms with E-state index in [4.69, 9.17) is 37.1 Å². The van der Waals surface area contributed by atoms with Crippen LogP contribution in [-0.2, 0) is 5.75 Å². The molecule has 2 aromatic carbocycles. The number of benzene rings is 2. The Hall–Kier alpha value is -2.02. The van der Waals surface area contributed by atoms with Crippen molar-refractivity contribution in [1.82, 2.24) is 0 Å². The first-order chi connectivity index (χ1) is 12.5. The highest BCUT2D eigenvalue weighted by Gasteiger charge is 2.16. The molecule has 1 aliphatic rings. The molecule has 0 saturated heterocycles. The van der Waals surface area contributed by atoms with Gasteiger partial charge in [0, 0.05) is 34.2 Å². The summed E-state index contributed by atoms with van der Waals surface area (Å²) in [6.07, 6.45) is 0. The molecule has 5 nitrogen and oxygen atoms in total. The minimum absolute atomic E-state index is 0.137. The maximum absolute atomic E-state index is 11.8. The van der Waals surface area contributed by atoms with Gasteiger partial charge in [0.25, 0.3) is 0 Å². The average molecular weight is 411 g/mol. The number of phenols is 1. The van der Waals surface area contributed by atoms with Gasteiger partial charge in [0.1, 0.15) is 24.5 Å². The van der Waals surface area contributed by atoms with E-state index in [-0.39, 0.29) is 16.4 Å². The van der Waals surface area contributed by atoms with Gasteiger partial charge in [-0.25, -0.2) is 4.79 Å². The van der Waals surface area contributed by atoms with Crippen LogP contribution >= 0.6 is 35.0 Å². The number of ether oxygens (including phenoxy) is 2. The van der Waals surface area contributed by atoms with Crippen LogP contribution in [0, 0.1) is 0 Å². The highest BCUT2D eigenvalue weighted by molar-refractivity contribution is 7.98. The summed E-state index contributed by atoms with van der Waals surface area (Å²) in [6.45, 7) is 0.986. The van der Waals surface area contributed by atoms with Gasteiger partial charge in [0.2, 0.25) is 0 Å². The highest BCUT2D eigenvalue weighted by atomic mass is 35.5. The van der Waals surface area contributed by atoms with E-state index in [1.165, 1.54) is 23.9 Å². The van der Waals surface area contributed by atoms with Crippen LogP contribution in [0.1, 0.15) is 5.56 Å². The molecular weight excluding hydrogens is 399 g/mol. The molecule has 4 rings (SSSR count). The Kier molecular flexibility index (Phi) is 4.65. The summed E-state index contributed by atoms with van der Waals surface area (Å²) < 4.78 is 16.2. The summed E-state index contributed by atoms with van der Waals surface area (Å²) in [5, 5.41) is 11.1. The van der Waals surface area contributed by atoms with Crippen molar-refractivity contribution < 1.29 is 19.0 Å². The van der Waals surface area contributed by atoms with E-state index in [0.717, 1.165) is 10.5 Å². The maximum Gasteiger partial charge on any atom is 0.336 e. The van der Waals surface area contributed by atoms with Crippen molar-refractivity contribution in [3.05, 3.63) is 56.4 Å². The van der Waals surface area contributed by atoms with Crippen LogP contribution in [-0.4, -0.2) is 18.3 Å². The molecule has 1 N–H and O–H groups in total. The van der Waals surface area contributed by atoms with Crippen LogP contribution in [0.15, 0.2) is 44.4 Å². The van der Waals surface area contributed by atoms with Gasteiger partial charge in [-0.3, -0.25) is 0 Å². The van der Waals surface area contributed by atoms with E-state index in [0.29, 0.717) is 40.9 Å². The lowest BCUT2D eigenvalue weighted by Gasteiger charge is -2.19. The number of aromatic hydroxyl groups is 1. The Morgan fingerprint density at radius 3 is 2.50 bits per heavy atom. The molecule has 0 fully saturated rings. The first-order valence-electron chi connectivity index (χ1n) is 7.68. The molecule has 0 radical (unpaired) electrons. The molecule has 0 aliphatic carbocycles. The zero-order valence-corrected chi connectivity index (χ0v) is 15.6. The van der Waals surface area contributed by atoms with Crippen molar-refractivity contribution in [3.8, 4) is 17.2 Å². The fraction of sp³-hybridized carbons (Fsp3) is 0.167. The molecule has 2 heterocycles. The summed E-state index contributed by atoms with van der Waals surface area (Å²) in [4.78, 5) is 12.6. The topological polar surface area (TPSA) is 68.9 Å². The number of hydrogen-bond acceptors (Lipinski definition) is 6. The minimum atomic E-state index is -0.497. The Morgan fingerprint density at radius 2 is 1.73 bits per heavy atom. The van der Waals surface area contributed by atoms with Crippen molar-refractivity contribution in [3.63, 3.8) is 0 Å². The molecule has 0 atom stereocenters. The second-order valence-electron chi connectivity index (χ2n) is 5.61. The predicted molar refractivity (Wildman–Crippen MR) is 101 cm³/mol. The number of rotatable bonds is 3. The zero-order valence-electron chi connectivity index (χ0n) is 13.3. The van der Waals surface area contributed by atoms with Crippen LogP contribution in [0.4, 0.5) is 0 Å². The van der Waals surface area contributed by atoms with Crippen molar-refractivity contribution in [2.75, 3.05) is 13.2 Å². The molecule has 1 aliphatic heterocycles. The van der Waals surface area contributed by atoms with Crippen LogP contribution in [0.2, 0.25) is 10.0 Å². The van der Waals surface area contributed by atoms with Gasteiger partial charge in [-0.2, -0.15) is 0 Å². The molecule has 134 valence electrons. The minimum Gasteiger partial charge on any atom is -0.506 e. The molecule has 0 amide bonds. The van der Waals surface area contributed by atoms with Crippen LogP contribution < -0.4 is 15.1 Å².